The van der Waals surface area contributed by atoms with E-state index in [0.29, 0.717) is 11.3 Å². The molecule has 5 heteroatoms. The Morgan fingerprint density at radius 1 is 1.00 bits per heavy atom. The molecule has 5 N–H and O–H groups in total. The first-order valence-corrected chi connectivity index (χ1v) is 8.63. The fraction of sp³-hybridized carbons (Fsp3) is 0.0455. The van der Waals surface area contributed by atoms with Crippen molar-refractivity contribution in [3.8, 4) is 5.75 Å². The fourth-order valence-electron chi connectivity index (χ4n) is 3.11. The molecule has 0 fully saturated rings. The van der Waals surface area contributed by atoms with Gasteiger partial charge in [0.05, 0.1) is 5.57 Å². The van der Waals surface area contributed by atoms with E-state index in [0.717, 1.165) is 34.5 Å². The largest absolute Gasteiger partial charge is 0.508 e. The number of phenols is 1. The molecule has 27 heavy (non-hydrogen) atoms. The van der Waals surface area contributed by atoms with Crippen molar-refractivity contribution in [1.29, 1.82) is 0 Å². The minimum atomic E-state index is -0.151. The van der Waals surface area contributed by atoms with Crippen LogP contribution in [-0.2, 0) is 11.2 Å². The van der Waals surface area contributed by atoms with Gasteiger partial charge in [-0.05, 0) is 53.9 Å². The zero-order chi connectivity index (χ0) is 18.8. The molecule has 0 aromatic heterocycles. The number of phenolic OH excluding ortho intramolecular Hbond substituents is 1. The number of fused-ring (bicyclic) bond motifs is 1. The number of anilines is 3. The molecule has 0 saturated heterocycles. The summed E-state index contributed by atoms with van der Waals surface area (Å²) in [5.74, 6) is 0.0164. The topological polar surface area (TPSA) is 87.4 Å². The van der Waals surface area contributed by atoms with Gasteiger partial charge in [-0.3, -0.25) is 4.79 Å². The SMILES string of the molecule is Nc1ccc(Cc2ccc3c(c2)C(=CNc2cccc(O)c2)C(=O)N3)cc1. The number of nitrogens with one attached hydrogen (secondary N) is 2. The lowest BCUT2D eigenvalue weighted by atomic mass is 9.99. The zero-order valence-corrected chi connectivity index (χ0v) is 14.6. The second kappa shape index (κ2) is 6.88. The maximum Gasteiger partial charge on any atom is 0.257 e. The van der Waals surface area contributed by atoms with Crippen LogP contribution in [0.4, 0.5) is 17.1 Å². The van der Waals surface area contributed by atoms with Crippen LogP contribution in [0.15, 0.2) is 72.9 Å². The van der Waals surface area contributed by atoms with Crippen molar-refractivity contribution in [1.82, 2.24) is 0 Å². The molecule has 1 amide bonds. The van der Waals surface area contributed by atoms with Crippen molar-refractivity contribution in [2.75, 3.05) is 16.4 Å². The van der Waals surface area contributed by atoms with Crippen LogP contribution in [0.5, 0.6) is 5.75 Å². The van der Waals surface area contributed by atoms with Crippen LogP contribution in [0, 0.1) is 0 Å². The van der Waals surface area contributed by atoms with Crippen LogP contribution in [0.2, 0.25) is 0 Å². The van der Waals surface area contributed by atoms with Crippen LogP contribution < -0.4 is 16.4 Å². The van der Waals surface area contributed by atoms with Crippen LogP contribution in [0.25, 0.3) is 5.57 Å². The number of nitrogen functional groups attached to an aromatic ring is 1. The molecule has 1 aliphatic rings. The highest BCUT2D eigenvalue weighted by atomic mass is 16.3. The molecular weight excluding hydrogens is 338 g/mol. The number of carbonyl (C=O) groups is 1. The molecule has 0 unspecified atom stereocenters. The van der Waals surface area contributed by atoms with Crippen molar-refractivity contribution < 1.29 is 9.90 Å². The first-order valence-electron chi connectivity index (χ1n) is 8.63. The monoisotopic (exact) mass is 357 g/mol. The van der Waals surface area contributed by atoms with E-state index in [1.807, 2.05) is 48.5 Å². The predicted molar refractivity (Wildman–Crippen MR) is 108 cm³/mol. The summed E-state index contributed by atoms with van der Waals surface area (Å²) in [4.78, 5) is 12.3. The number of rotatable bonds is 4. The minimum absolute atomic E-state index is 0.151. The summed E-state index contributed by atoms with van der Waals surface area (Å²) < 4.78 is 0. The smallest absolute Gasteiger partial charge is 0.257 e. The van der Waals surface area contributed by atoms with E-state index in [4.69, 9.17) is 5.73 Å². The molecular formula is C22H19N3O2. The Bertz CT molecular complexity index is 1040. The van der Waals surface area contributed by atoms with E-state index in [1.165, 1.54) is 0 Å². The maximum atomic E-state index is 12.3. The molecule has 0 atom stereocenters. The van der Waals surface area contributed by atoms with Gasteiger partial charge in [0.15, 0.2) is 0 Å². The lowest BCUT2D eigenvalue weighted by Crippen LogP contribution is -2.05. The summed E-state index contributed by atoms with van der Waals surface area (Å²) in [5, 5.41) is 15.5. The van der Waals surface area contributed by atoms with Gasteiger partial charge in [-0.1, -0.05) is 24.3 Å². The molecule has 5 nitrogen and oxygen atoms in total. The standard InChI is InChI=1S/C22H19N3O2/c23-16-7-4-14(5-8-16)10-15-6-9-21-19(11-15)20(22(27)25-21)13-24-17-2-1-3-18(26)12-17/h1-9,11-13,24,26H,10,23H2,(H,25,27). The van der Waals surface area contributed by atoms with Gasteiger partial charge in [-0.2, -0.15) is 0 Å². The summed E-state index contributed by atoms with van der Waals surface area (Å²) in [6.45, 7) is 0. The highest BCUT2D eigenvalue weighted by molar-refractivity contribution is 6.31. The molecule has 4 rings (SSSR count). The van der Waals surface area contributed by atoms with Crippen molar-refractivity contribution in [2.45, 2.75) is 6.42 Å². The molecule has 0 bridgehead atoms. The predicted octanol–water partition coefficient (Wildman–Crippen LogP) is 3.97. The first kappa shape index (κ1) is 16.7. The summed E-state index contributed by atoms with van der Waals surface area (Å²) in [6, 6.07) is 20.5. The van der Waals surface area contributed by atoms with Crippen molar-refractivity contribution in [2.24, 2.45) is 0 Å². The van der Waals surface area contributed by atoms with Crippen LogP contribution in [-0.4, -0.2) is 11.0 Å². The number of carbonyl (C=O) groups excluding carboxylic acids is 1. The quantitative estimate of drug-likeness (QED) is 0.420. The summed E-state index contributed by atoms with van der Waals surface area (Å²) in [5.41, 5.74) is 11.7. The van der Waals surface area contributed by atoms with Gasteiger partial charge >= 0.3 is 0 Å². The second-order valence-electron chi connectivity index (χ2n) is 6.51. The molecule has 1 aliphatic heterocycles. The molecule has 3 aromatic rings. The molecule has 1 heterocycles. The van der Waals surface area contributed by atoms with Crippen molar-refractivity contribution >= 4 is 28.5 Å². The first-order chi connectivity index (χ1) is 13.1. The van der Waals surface area contributed by atoms with Gasteiger partial charge in [0.1, 0.15) is 5.75 Å². The third-order valence-electron chi connectivity index (χ3n) is 4.48. The van der Waals surface area contributed by atoms with E-state index in [2.05, 4.69) is 10.6 Å². The Kier molecular flexibility index (Phi) is 4.26. The fourth-order valence-corrected chi connectivity index (χ4v) is 3.11. The summed E-state index contributed by atoms with van der Waals surface area (Å²) in [7, 11) is 0. The van der Waals surface area contributed by atoms with Gasteiger partial charge in [-0.25, -0.2) is 0 Å². The minimum Gasteiger partial charge on any atom is -0.508 e. The zero-order valence-electron chi connectivity index (χ0n) is 14.6. The molecule has 0 spiro atoms. The highest BCUT2D eigenvalue weighted by Crippen LogP contribution is 2.33. The van der Waals surface area contributed by atoms with Gasteiger partial charge in [0.2, 0.25) is 0 Å². The number of amides is 1. The Morgan fingerprint density at radius 3 is 2.56 bits per heavy atom. The van der Waals surface area contributed by atoms with Crippen molar-refractivity contribution in [3.05, 3.63) is 89.6 Å². The van der Waals surface area contributed by atoms with Gasteiger partial charge in [0.25, 0.3) is 5.91 Å². The number of hydrogen-bond donors (Lipinski definition) is 4. The van der Waals surface area contributed by atoms with Crippen molar-refractivity contribution in [3.63, 3.8) is 0 Å². The third kappa shape index (κ3) is 3.62. The average Bonchev–Trinajstić information content (AvgIpc) is 2.96. The average molecular weight is 357 g/mol. The Hall–Kier alpha value is -3.73. The Labute approximate surface area is 157 Å². The van der Waals surface area contributed by atoms with E-state index in [-0.39, 0.29) is 11.7 Å². The van der Waals surface area contributed by atoms with Gasteiger partial charge in [-0.15, -0.1) is 0 Å². The van der Waals surface area contributed by atoms with Gasteiger partial charge in [0, 0.05) is 34.9 Å². The molecule has 0 saturated carbocycles. The van der Waals surface area contributed by atoms with Crippen LogP contribution in [0.3, 0.4) is 0 Å². The number of aromatic hydroxyl groups is 1. The van der Waals surface area contributed by atoms with E-state index >= 15 is 0 Å². The van der Waals surface area contributed by atoms with Crippen LogP contribution >= 0.6 is 0 Å². The van der Waals surface area contributed by atoms with E-state index in [9.17, 15) is 9.90 Å². The number of nitrogens with two attached hydrogens (primary N) is 1. The number of benzene rings is 3. The molecule has 0 aliphatic carbocycles. The maximum absolute atomic E-state index is 12.3. The lowest BCUT2D eigenvalue weighted by Gasteiger charge is -2.06. The van der Waals surface area contributed by atoms with Gasteiger partial charge < -0.3 is 21.5 Å². The molecule has 0 radical (unpaired) electrons. The normalized spacial score (nSPS) is 14.1. The third-order valence-corrected chi connectivity index (χ3v) is 4.48. The summed E-state index contributed by atoms with van der Waals surface area (Å²) in [6.07, 6.45) is 2.43. The summed E-state index contributed by atoms with van der Waals surface area (Å²) >= 11 is 0. The van der Waals surface area contributed by atoms with E-state index < -0.39 is 0 Å². The lowest BCUT2D eigenvalue weighted by molar-refractivity contribution is -0.110. The Morgan fingerprint density at radius 2 is 1.78 bits per heavy atom. The highest BCUT2D eigenvalue weighted by Gasteiger charge is 2.24. The van der Waals surface area contributed by atoms with Crippen LogP contribution in [0.1, 0.15) is 16.7 Å². The molecule has 3 aromatic carbocycles. The number of hydrogen-bond acceptors (Lipinski definition) is 4. The molecule has 134 valence electrons. The second-order valence-corrected chi connectivity index (χ2v) is 6.51. The Balaban J connectivity index is 1.60. The van der Waals surface area contributed by atoms with E-state index in [1.54, 1.807) is 24.4 Å².